The van der Waals surface area contributed by atoms with Gasteiger partial charge in [0.1, 0.15) is 0 Å². The van der Waals surface area contributed by atoms with Gasteiger partial charge < -0.3 is 4.74 Å². The van der Waals surface area contributed by atoms with Crippen LogP contribution >= 0.6 is 11.8 Å². The molecular formula is C22H28O2S. The zero-order chi connectivity index (χ0) is 17.7. The first-order chi connectivity index (χ1) is 12.3. The molecule has 0 aliphatic carbocycles. The maximum absolute atomic E-state index is 10.9. The van der Waals surface area contributed by atoms with E-state index in [1.807, 2.05) is 11.8 Å². The van der Waals surface area contributed by atoms with Crippen molar-refractivity contribution >= 4 is 28.5 Å². The van der Waals surface area contributed by atoms with Gasteiger partial charge in [-0.05, 0) is 41.5 Å². The van der Waals surface area contributed by atoms with Gasteiger partial charge in [-0.1, -0.05) is 69.0 Å². The van der Waals surface area contributed by atoms with Crippen LogP contribution in [0.2, 0.25) is 0 Å². The molecule has 2 aromatic rings. The highest BCUT2D eigenvalue weighted by Crippen LogP contribution is 2.24. The molecule has 25 heavy (non-hydrogen) atoms. The van der Waals surface area contributed by atoms with Crippen molar-refractivity contribution in [3.63, 3.8) is 0 Å². The summed E-state index contributed by atoms with van der Waals surface area (Å²) in [6.07, 6.45) is 9.67. The Bertz CT molecular complexity index is 666. The van der Waals surface area contributed by atoms with Crippen LogP contribution in [0.4, 0.5) is 0 Å². The third kappa shape index (κ3) is 7.78. The van der Waals surface area contributed by atoms with Crippen molar-refractivity contribution in [2.24, 2.45) is 0 Å². The minimum absolute atomic E-state index is 0.316. The van der Waals surface area contributed by atoms with E-state index < -0.39 is 0 Å². The minimum atomic E-state index is -0.316. The molecule has 0 fully saturated rings. The first-order valence-electron chi connectivity index (χ1n) is 9.20. The Morgan fingerprint density at radius 2 is 1.60 bits per heavy atom. The number of carbonyl (C=O) groups is 1. The fraction of sp³-hybridized carbons (Fsp3) is 0.409. The monoisotopic (exact) mass is 356 g/mol. The normalized spacial score (nSPS) is 10.7. The number of benzene rings is 2. The van der Waals surface area contributed by atoms with Crippen LogP contribution in [0.25, 0.3) is 10.8 Å². The highest BCUT2D eigenvalue weighted by molar-refractivity contribution is 7.99. The van der Waals surface area contributed by atoms with Crippen LogP contribution in [0.3, 0.4) is 0 Å². The molecule has 0 saturated heterocycles. The van der Waals surface area contributed by atoms with Crippen molar-refractivity contribution in [2.45, 2.75) is 49.8 Å². The number of rotatable bonds is 12. The second-order valence-corrected chi connectivity index (χ2v) is 7.37. The third-order valence-electron chi connectivity index (χ3n) is 4.19. The number of ether oxygens (including phenoxy) is 1. The molecule has 0 atom stereocenters. The van der Waals surface area contributed by atoms with E-state index >= 15 is 0 Å². The van der Waals surface area contributed by atoms with E-state index in [0.29, 0.717) is 6.61 Å². The Morgan fingerprint density at radius 1 is 0.920 bits per heavy atom. The predicted octanol–water partition coefficient (Wildman–Crippen LogP) is 6.39. The fourth-order valence-corrected chi connectivity index (χ4v) is 3.73. The zero-order valence-corrected chi connectivity index (χ0v) is 15.7. The number of carbonyl (C=O) groups excluding carboxylic acids is 1. The first-order valence-corrected chi connectivity index (χ1v) is 10.2. The van der Waals surface area contributed by atoms with E-state index in [9.17, 15) is 4.79 Å². The van der Waals surface area contributed by atoms with Gasteiger partial charge in [-0.2, -0.15) is 0 Å². The van der Waals surface area contributed by atoms with Crippen LogP contribution in [0.5, 0.6) is 0 Å². The fourth-order valence-electron chi connectivity index (χ4n) is 2.77. The summed E-state index contributed by atoms with van der Waals surface area (Å²) in [6, 6.07) is 15.3. The number of hydrogen-bond donors (Lipinski definition) is 0. The molecule has 0 aliphatic rings. The average molecular weight is 357 g/mol. The molecule has 0 N–H and O–H groups in total. The minimum Gasteiger partial charge on any atom is -0.463 e. The Hall–Kier alpha value is -1.74. The summed E-state index contributed by atoms with van der Waals surface area (Å²) in [5.74, 6) is 0.875. The van der Waals surface area contributed by atoms with Crippen molar-refractivity contribution in [1.29, 1.82) is 0 Å². The number of esters is 1. The van der Waals surface area contributed by atoms with Gasteiger partial charge >= 0.3 is 5.97 Å². The largest absolute Gasteiger partial charge is 0.463 e. The zero-order valence-electron chi connectivity index (χ0n) is 14.9. The second-order valence-electron chi connectivity index (χ2n) is 6.20. The Morgan fingerprint density at radius 3 is 2.36 bits per heavy atom. The molecule has 3 heteroatoms. The molecule has 2 aromatic carbocycles. The number of unbranched alkanes of at least 4 members (excludes halogenated alkanes) is 6. The van der Waals surface area contributed by atoms with Crippen molar-refractivity contribution < 1.29 is 9.53 Å². The van der Waals surface area contributed by atoms with Crippen molar-refractivity contribution in [3.05, 3.63) is 55.1 Å². The van der Waals surface area contributed by atoms with E-state index in [0.717, 1.165) is 12.8 Å². The van der Waals surface area contributed by atoms with Crippen LogP contribution in [-0.4, -0.2) is 18.3 Å². The van der Waals surface area contributed by atoms with Crippen LogP contribution in [0, 0.1) is 0 Å². The summed E-state index contributed by atoms with van der Waals surface area (Å²) in [5.41, 5.74) is 0. The molecule has 0 bridgehead atoms. The number of fused-ring (bicyclic) bond motifs is 1. The maximum Gasteiger partial charge on any atom is 0.330 e. The molecule has 0 saturated carbocycles. The van der Waals surface area contributed by atoms with Crippen LogP contribution in [0.1, 0.15) is 44.9 Å². The summed E-state index contributed by atoms with van der Waals surface area (Å²) in [6.45, 7) is 3.90. The third-order valence-corrected chi connectivity index (χ3v) is 5.27. The van der Waals surface area contributed by atoms with Crippen molar-refractivity contribution in [2.75, 3.05) is 12.4 Å². The number of hydrogen-bond acceptors (Lipinski definition) is 3. The van der Waals surface area contributed by atoms with Crippen LogP contribution in [0.15, 0.2) is 60.0 Å². The summed E-state index contributed by atoms with van der Waals surface area (Å²) < 4.78 is 4.96. The van der Waals surface area contributed by atoms with Gasteiger partial charge in [0.2, 0.25) is 0 Å². The molecule has 0 radical (unpaired) electrons. The van der Waals surface area contributed by atoms with Gasteiger partial charge in [0.05, 0.1) is 6.61 Å². The molecule has 134 valence electrons. The lowest BCUT2D eigenvalue weighted by atomic mass is 10.1. The smallest absolute Gasteiger partial charge is 0.330 e. The Kier molecular flexibility index (Phi) is 9.21. The average Bonchev–Trinajstić information content (AvgIpc) is 2.65. The molecule has 2 nitrogen and oxygen atoms in total. The topological polar surface area (TPSA) is 26.3 Å². The summed E-state index contributed by atoms with van der Waals surface area (Å²) in [7, 11) is 0. The van der Waals surface area contributed by atoms with E-state index in [-0.39, 0.29) is 5.97 Å². The Labute approximate surface area is 155 Å². The van der Waals surface area contributed by atoms with Gasteiger partial charge in [-0.3, -0.25) is 0 Å². The first kappa shape index (κ1) is 19.6. The van der Waals surface area contributed by atoms with E-state index in [1.165, 1.54) is 59.6 Å². The highest BCUT2D eigenvalue weighted by atomic mass is 32.2. The van der Waals surface area contributed by atoms with Gasteiger partial charge in [0.25, 0.3) is 0 Å². The maximum atomic E-state index is 10.9. The van der Waals surface area contributed by atoms with E-state index in [2.05, 4.69) is 49.0 Å². The summed E-state index contributed by atoms with van der Waals surface area (Å²) >= 11 is 1.96. The molecule has 0 spiro atoms. The molecule has 2 rings (SSSR count). The van der Waals surface area contributed by atoms with Gasteiger partial charge in [0.15, 0.2) is 0 Å². The lowest BCUT2D eigenvalue weighted by molar-refractivity contribution is -0.137. The molecule has 0 unspecified atom stereocenters. The predicted molar refractivity (Wildman–Crippen MR) is 108 cm³/mol. The lowest BCUT2D eigenvalue weighted by Gasteiger charge is -2.05. The highest BCUT2D eigenvalue weighted by Gasteiger charge is 1.98. The molecular weight excluding hydrogens is 328 g/mol. The summed E-state index contributed by atoms with van der Waals surface area (Å²) in [5, 5.41) is 2.64. The standard InChI is InChI=1S/C22H28O2S/c1-2-22(23)24-16-10-6-4-3-5-7-11-17-25-21-15-14-19-12-8-9-13-20(19)18-21/h2,8-9,12-15,18H,1,3-7,10-11,16-17H2. The van der Waals surface area contributed by atoms with Crippen molar-refractivity contribution in [1.82, 2.24) is 0 Å². The molecule has 0 aliphatic heterocycles. The Balaban J connectivity index is 1.46. The number of thioether (sulfide) groups is 1. The molecule has 0 heterocycles. The van der Waals surface area contributed by atoms with Crippen LogP contribution in [-0.2, 0) is 9.53 Å². The van der Waals surface area contributed by atoms with Gasteiger partial charge in [0, 0.05) is 11.0 Å². The molecule has 0 amide bonds. The van der Waals surface area contributed by atoms with E-state index in [1.54, 1.807) is 0 Å². The second kappa shape index (κ2) is 11.8. The quantitative estimate of drug-likeness (QED) is 0.191. The summed E-state index contributed by atoms with van der Waals surface area (Å²) in [4.78, 5) is 12.2. The molecule has 0 aromatic heterocycles. The van der Waals surface area contributed by atoms with Crippen molar-refractivity contribution in [3.8, 4) is 0 Å². The van der Waals surface area contributed by atoms with Gasteiger partial charge in [-0.25, -0.2) is 4.79 Å². The SMILES string of the molecule is C=CC(=O)OCCCCCCCCCSc1ccc2ccccc2c1. The van der Waals surface area contributed by atoms with Gasteiger partial charge in [-0.15, -0.1) is 11.8 Å². The lowest BCUT2D eigenvalue weighted by Crippen LogP contribution is -2.01. The van der Waals surface area contributed by atoms with Crippen LogP contribution < -0.4 is 0 Å². The van der Waals surface area contributed by atoms with E-state index in [4.69, 9.17) is 4.74 Å².